The molecule has 0 saturated carbocycles. The van der Waals surface area contributed by atoms with E-state index in [1.165, 1.54) is 5.69 Å². The molecule has 2 atom stereocenters. The molecule has 1 aliphatic heterocycles. The van der Waals surface area contributed by atoms with Crippen LogP contribution in [0.1, 0.15) is 44.3 Å². The molecule has 0 radical (unpaired) electrons. The summed E-state index contributed by atoms with van der Waals surface area (Å²) in [5, 5.41) is 6.83. The molecular weight excluding hydrogens is 282 g/mol. The van der Waals surface area contributed by atoms with E-state index >= 15 is 0 Å². The molecule has 1 fully saturated rings. The zero-order chi connectivity index (χ0) is 15.5. The maximum atomic E-state index is 6.15. The van der Waals surface area contributed by atoms with Crippen LogP contribution < -0.4 is 5.32 Å². The number of aromatic nitrogens is 1. The molecule has 21 heavy (non-hydrogen) atoms. The van der Waals surface area contributed by atoms with Gasteiger partial charge in [0.2, 0.25) is 0 Å². The highest BCUT2D eigenvalue weighted by atomic mass is 32.1. The fourth-order valence-corrected chi connectivity index (χ4v) is 3.26. The van der Waals surface area contributed by atoms with Gasteiger partial charge in [0.15, 0.2) is 0 Å². The second-order valence-corrected chi connectivity index (χ2v) is 8.21. The quantitative estimate of drug-likeness (QED) is 0.876. The van der Waals surface area contributed by atoms with Crippen LogP contribution in [0.3, 0.4) is 0 Å². The van der Waals surface area contributed by atoms with Crippen LogP contribution in [0.2, 0.25) is 0 Å². The van der Waals surface area contributed by atoms with Crippen molar-refractivity contribution in [2.75, 3.05) is 20.1 Å². The van der Waals surface area contributed by atoms with E-state index < -0.39 is 0 Å². The Morgan fingerprint density at radius 3 is 2.71 bits per heavy atom. The molecule has 2 rings (SSSR count). The summed E-state index contributed by atoms with van der Waals surface area (Å²) < 4.78 is 6.15. The second kappa shape index (κ2) is 7.18. The number of rotatable bonds is 6. The number of nitrogens with zero attached hydrogens (tertiary/aromatic N) is 2. The van der Waals surface area contributed by atoms with Crippen LogP contribution in [0, 0.1) is 6.92 Å². The largest absolute Gasteiger partial charge is 0.372 e. The Morgan fingerprint density at radius 1 is 1.38 bits per heavy atom. The van der Waals surface area contributed by atoms with Crippen LogP contribution in [0.15, 0.2) is 5.38 Å². The molecule has 1 aromatic rings. The van der Waals surface area contributed by atoms with Gasteiger partial charge >= 0.3 is 0 Å². The molecule has 0 amide bonds. The minimum atomic E-state index is 0.167. The highest BCUT2D eigenvalue weighted by Crippen LogP contribution is 2.21. The van der Waals surface area contributed by atoms with Crippen LogP contribution in [0.4, 0.5) is 0 Å². The van der Waals surface area contributed by atoms with Gasteiger partial charge in [-0.1, -0.05) is 0 Å². The van der Waals surface area contributed by atoms with Gasteiger partial charge in [0.1, 0.15) is 0 Å². The SMILES string of the molecule is Cc1nc(CN(C)CC2CCC(CNC(C)(C)C)O2)cs1. The first kappa shape index (κ1) is 16.9. The van der Waals surface area contributed by atoms with Crippen molar-refractivity contribution in [3.8, 4) is 0 Å². The molecule has 2 unspecified atom stereocenters. The van der Waals surface area contributed by atoms with Gasteiger partial charge in [-0.2, -0.15) is 0 Å². The average Bonchev–Trinajstić information content (AvgIpc) is 2.95. The smallest absolute Gasteiger partial charge is 0.0897 e. The zero-order valence-electron chi connectivity index (χ0n) is 14.0. The number of ether oxygens (including phenoxy) is 1. The number of hydrogen-bond donors (Lipinski definition) is 1. The van der Waals surface area contributed by atoms with Crippen LogP contribution in [-0.2, 0) is 11.3 Å². The Kier molecular flexibility index (Phi) is 5.77. The minimum Gasteiger partial charge on any atom is -0.372 e. The van der Waals surface area contributed by atoms with E-state index in [2.05, 4.69) is 55.3 Å². The molecule has 0 aromatic carbocycles. The van der Waals surface area contributed by atoms with Gasteiger partial charge in [-0.05, 0) is 47.6 Å². The molecule has 1 aromatic heterocycles. The van der Waals surface area contributed by atoms with Crippen molar-refractivity contribution in [2.24, 2.45) is 0 Å². The van der Waals surface area contributed by atoms with E-state index in [1.807, 2.05) is 0 Å². The van der Waals surface area contributed by atoms with Crippen molar-refractivity contribution in [2.45, 2.75) is 64.8 Å². The van der Waals surface area contributed by atoms with E-state index in [-0.39, 0.29) is 5.54 Å². The van der Waals surface area contributed by atoms with Gasteiger partial charge in [-0.25, -0.2) is 4.98 Å². The fraction of sp³-hybridized carbons (Fsp3) is 0.812. The van der Waals surface area contributed by atoms with Crippen molar-refractivity contribution in [1.29, 1.82) is 0 Å². The fourth-order valence-electron chi connectivity index (χ4n) is 2.65. The topological polar surface area (TPSA) is 37.4 Å². The van der Waals surface area contributed by atoms with Crippen molar-refractivity contribution >= 4 is 11.3 Å². The third kappa shape index (κ3) is 6.02. The normalized spacial score (nSPS) is 23.1. The van der Waals surface area contributed by atoms with Gasteiger partial charge in [-0.3, -0.25) is 4.90 Å². The van der Waals surface area contributed by atoms with Crippen LogP contribution >= 0.6 is 11.3 Å². The minimum absolute atomic E-state index is 0.167. The summed E-state index contributed by atoms with van der Waals surface area (Å²) in [4.78, 5) is 6.84. The third-order valence-electron chi connectivity index (χ3n) is 3.67. The number of hydrogen-bond acceptors (Lipinski definition) is 5. The number of aryl methyl sites for hydroxylation is 1. The number of likely N-dealkylation sites (N-methyl/N-ethyl adjacent to an activating group) is 1. The lowest BCUT2D eigenvalue weighted by Gasteiger charge is -2.24. The summed E-state index contributed by atoms with van der Waals surface area (Å²) in [6.07, 6.45) is 3.06. The van der Waals surface area contributed by atoms with Crippen LogP contribution in [-0.4, -0.2) is 47.8 Å². The van der Waals surface area contributed by atoms with E-state index in [4.69, 9.17) is 4.74 Å². The highest BCUT2D eigenvalue weighted by Gasteiger charge is 2.27. The summed E-state index contributed by atoms with van der Waals surface area (Å²) >= 11 is 1.72. The average molecular weight is 311 g/mol. The predicted octanol–water partition coefficient (Wildman–Crippen LogP) is 2.82. The van der Waals surface area contributed by atoms with Gasteiger partial charge in [0.25, 0.3) is 0 Å². The highest BCUT2D eigenvalue weighted by molar-refractivity contribution is 7.09. The van der Waals surface area contributed by atoms with Crippen molar-refractivity contribution in [3.05, 3.63) is 16.1 Å². The third-order valence-corrected chi connectivity index (χ3v) is 4.49. The lowest BCUT2D eigenvalue weighted by Crippen LogP contribution is -2.41. The maximum Gasteiger partial charge on any atom is 0.0897 e. The van der Waals surface area contributed by atoms with Gasteiger partial charge < -0.3 is 10.1 Å². The predicted molar refractivity (Wildman–Crippen MR) is 88.8 cm³/mol. The van der Waals surface area contributed by atoms with Crippen molar-refractivity contribution in [1.82, 2.24) is 15.2 Å². The van der Waals surface area contributed by atoms with Gasteiger partial charge in [-0.15, -0.1) is 11.3 Å². The lowest BCUT2D eigenvalue weighted by molar-refractivity contribution is 0.0239. The van der Waals surface area contributed by atoms with E-state index in [9.17, 15) is 0 Å². The summed E-state index contributed by atoms with van der Waals surface area (Å²) in [6.45, 7) is 11.5. The monoisotopic (exact) mass is 311 g/mol. The Bertz CT molecular complexity index is 441. The molecule has 5 heteroatoms. The summed E-state index contributed by atoms with van der Waals surface area (Å²) in [7, 11) is 2.15. The molecule has 0 spiro atoms. The maximum absolute atomic E-state index is 6.15. The summed E-state index contributed by atoms with van der Waals surface area (Å²) in [5.41, 5.74) is 1.34. The van der Waals surface area contributed by atoms with Crippen LogP contribution in [0.25, 0.3) is 0 Å². The Labute approximate surface area is 132 Å². The van der Waals surface area contributed by atoms with E-state index in [0.717, 1.165) is 37.5 Å². The first-order valence-electron chi connectivity index (χ1n) is 7.82. The molecule has 0 aliphatic carbocycles. The first-order valence-corrected chi connectivity index (χ1v) is 8.70. The number of thiazole rings is 1. The first-order chi connectivity index (χ1) is 9.82. The molecule has 4 nitrogen and oxygen atoms in total. The Hall–Kier alpha value is -0.490. The van der Waals surface area contributed by atoms with Crippen molar-refractivity contribution in [3.63, 3.8) is 0 Å². The Morgan fingerprint density at radius 2 is 2.10 bits per heavy atom. The number of nitrogens with one attached hydrogen (secondary N) is 1. The molecule has 1 saturated heterocycles. The van der Waals surface area contributed by atoms with E-state index in [1.54, 1.807) is 11.3 Å². The van der Waals surface area contributed by atoms with Crippen molar-refractivity contribution < 1.29 is 4.74 Å². The van der Waals surface area contributed by atoms with E-state index in [0.29, 0.717) is 12.2 Å². The second-order valence-electron chi connectivity index (χ2n) is 7.14. The molecule has 2 heterocycles. The van der Waals surface area contributed by atoms with Gasteiger partial charge in [0, 0.05) is 30.6 Å². The van der Waals surface area contributed by atoms with Gasteiger partial charge in [0.05, 0.1) is 22.9 Å². The standard InChI is InChI=1S/C16H29N3OS/c1-12-18-13(11-21-12)9-19(5)10-15-7-6-14(20-15)8-17-16(2,3)4/h11,14-15,17H,6-10H2,1-5H3. The lowest BCUT2D eigenvalue weighted by atomic mass is 10.1. The molecule has 120 valence electrons. The van der Waals surface area contributed by atoms with Crippen LogP contribution in [0.5, 0.6) is 0 Å². The summed E-state index contributed by atoms with van der Waals surface area (Å²) in [6, 6.07) is 0. The molecular formula is C16H29N3OS. The Balaban J connectivity index is 1.69. The molecule has 0 bridgehead atoms. The molecule has 1 N–H and O–H groups in total. The molecule has 1 aliphatic rings. The zero-order valence-corrected chi connectivity index (χ0v) is 14.8. The summed E-state index contributed by atoms with van der Waals surface area (Å²) in [5.74, 6) is 0.